The van der Waals surface area contributed by atoms with Gasteiger partial charge in [-0.2, -0.15) is 0 Å². The van der Waals surface area contributed by atoms with E-state index in [1.54, 1.807) is 6.07 Å². The predicted molar refractivity (Wildman–Crippen MR) is 93.5 cm³/mol. The number of hydrogen-bond donors (Lipinski definition) is 0. The van der Waals surface area contributed by atoms with Crippen molar-refractivity contribution in [3.63, 3.8) is 0 Å². The molecule has 2 heteroatoms. The Morgan fingerprint density at radius 2 is 1.30 bits per heavy atom. The van der Waals surface area contributed by atoms with Crippen molar-refractivity contribution in [2.45, 2.75) is 52.4 Å². The lowest BCUT2D eigenvalue weighted by atomic mass is 9.79. The molecule has 3 rings (SSSR count). The lowest BCUT2D eigenvalue weighted by Crippen LogP contribution is -2.10. The summed E-state index contributed by atoms with van der Waals surface area (Å²) in [6.45, 7) is 6.32. The van der Waals surface area contributed by atoms with E-state index in [-0.39, 0.29) is 0 Å². The van der Waals surface area contributed by atoms with E-state index in [0.717, 1.165) is 17.0 Å². The third-order valence-electron chi connectivity index (χ3n) is 4.65. The largest absolute Gasteiger partial charge is 0.204 e. The van der Waals surface area contributed by atoms with Crippen LogP contribution in [0.1, 0.15) is 57.9 Å². The Labute approximate surface area is 138 Å². The minimum atomic E-state index is -0.799. The third kappa shape index (κ3) is 4.40. The first-order chi connectivity index (χ1) is 11.1. The lowest BCUT2D eigenvalue weighted by molar-refractivity contribution is 0.348. The van der Waals surface area contributed by atoms with E-state index in [2.05, 4.69) is 19.1 Å². The van der Waals surface area contributed by atoms with Crippen LogP contribution in [0, 0.1) is 17.6 Å². The van der Waals surface area contributed by atoms with Gasteiger partial charge in [-0.15, -0.1) is 0 Å². The van der Waals surface area contributed by atoms with Gasteiger partial charge in [0, 0.05) is 0 Å². The van der Waals surface area contributed by atoms with Crippen molar-refractivity contribution in [3.05, 3.63) is 59.7 Å². The maximum Gasteiger partial charge on any atom is 0.159 e. The molecule has 0 amide bonds. The Morgan fingerprint density at radius 1 is 0.739 bits per heavy atom. The number of benzene rings is 2. The van der Waals surface area contributed by atoms with Crippen LogP contribution in [0.3, 0.4) is 0 Å². The third-order valence-corrected chi connectivity index (χ3v) is 4.65. The molecule has 23 heavy (non-hydrogen) atoms. The molecule has 1 aliphatic rings. The van der Waals surface area contributed by atoms with Gasteiger partial charge in [0.25, 0.3) is 0 Å². The molecule has 0 saturated heterocycles. The molecule has 2 aromatic rings. The number of halogens is 2. The Morgan fingerprint density at radius 3 is 1.87 bits per heavy atom. The van der Waals surface area contributed by atoms with Crippen molar-refractivity contribution < 1.29 is 8.78 Å². The highest BCUT2D eigenvalue weighted by Gasteiger charge is 2.19. The van der Waals surface area contributed by atoms with Crippen LogP contribution in [0.5, 0.6) is 0 Å². The molecule has 1 fully saturated rings. The maximum absolute atomic E-state index is 13.3. The summed E-state index contributed by atoms with van der Waals surface area (Å²) in [6.07, 6.45) is 5.11. The van der Waals surface area contributed by atoms with Gasteiger partial charge in [0.1, 0.15) is 0 Å². The van der Waals surface area contributed by atoms with Gasteiger partial charge < -0.3 is 0 Å². The Kier molecular flexibility index (Phi) is 6.32. The lowest BCUT2D eigenvalue weighted by Gasteiger charge is -2.26. The fourth-order valence-electron chi connectivity index (χ4n) is 3.22. The molecule has 0 heterocycles. The molecular formula is C21H26F2. The molecule has 124 valence electrons. The van der Waals surface area contributed by atoms with Gasteiger partial charge in [-0.05, 0) is 53.5 Å². The Bertz CT molecular complexity index is 608. The molecule has 2 aromatic carbocycles. The average molecular weight is 316 g/mol. The van der Waals surface area contributed by atoms with Gasteiger partial charge in [-0.1, -0.05) is 63.9 Å². The summed E-state index contributed by atoms with van der Waals surface area (Å²) in [7, 11) is 0. The van der Waals surface area contributed by atoms with E-state index in [1.165, 1.54) is 43.4 Å². The van der Waals surface area contributed by atoms with Gasteiger partial charge in [-0.25, -0.2) is 8.78 Å². The highest BCUT2D eigenvalue weighted by atomic mass is 19.2. The highest BCUT2D eigenvalue weighted by molar-refractivity contribution is 5.63. The zero-order chi connectivity index (χ0) is 16.8. The van der Waals surface area contributed by atoms with Crippen LogP contribution in [-0.4, -0.2) is 0 Å². The second kappa shape index (κ2) is 8.24. The molecule has 0 unspecified atom stereocenters. The van der Waals surface area contributed by atoms with Crippen molar-refractivity contribution in [1.82, 2.24) is 0 Å². The molecule has 1 saturated carbocycles. The second-order valence-electron chi connectivity index (χ2n) is 6.21. The van der Waals surface area contributed by atoms with E-state index < -0.39 is 11.6 Å². The maximum atomic E-state index is 13.3. The molecule has 1 aliphatic carbocycles. The summed E-state index contributed by atoms with van der Waals surface area (Å²) in [6, 6.07) is 12.4. The first-order valence-electron chi connectivity index (χ1n) is 8.69. The number of hydrogen-bond acceptors (Lipinski definition) is 0. The van der Waals surface area contributed by atoms with Crippen LogP contribution >= 0.6 is 0 Å². The van der Waals surface area contributed by atoms with Crippen molar-refractivity contribution in [1.29, 1.82) is 0 Å². The summed E-state index contributed by atoms with van der Waals surface area (Å²) in [4.78, 5) is 0. The highest BCUT2D eigenvalue weighted by Crippen LogP contribution is 2.36. The van der Waals surface area contributed by atoms with Crippen molar-refractivity contribution in [3.8, 4) is 11.1 Å². The smallest absolute Gasteiger partial charge is 0.159 e. The summed E-state index contributed by atoms with van der Waals surface area (Å²) in [5.74, 6) is -0.0903. The Balaban J connectivity index is 0.000000924. The second-order valence-corrected chi connectivity index (χ2v) is 6.21. The van der Waals surface area contributed by atoms with Crippen molar-refractivity contribution >= 4 is 0 Å². The van der Waals surface area contributed by atoms with Gasteiger partial charge in [0.15, 0.2) is 11.6 Å². The summed E-state index contributed by atoms with van der Waals surface area (Å²) < 4.78 is 26.3. The fraction of sp³-hybridized carbons (Fsp3) is 0.429. The summed E-state index contributed by atoms with van der Waals surface area (Å²) in [5, 5.41) is 0. The zero-order valence-corrected chi connectivity index (χ0v) is 14.3. The zero-order valence-electron chi connectivity index (χ0n) is 14.3. The Hall–Kier alpha value is -1.70. The molecule has 0 atom stereocenters. The van der Waals surface area contributed by atoms with E-state index in [0.29, 0.717) is 5.92 Å². The van der Waals surface area contributed by atoms with Crippen LogP contribution in [0.4, 0.5) is 8.78 Å². The first-order valence-corrected chi connectivity index (χ1v) is 8.69. The number of rotatable bonds is 2. The average Bonchev–Trinajstić information content (AvgIpc) is 2.60. The van der Waals surface area contributed by atoms with Crippen LogP contribution in [0.2, 0.25) is 0 Å². The minimum absolute atomic E-state index is 0.653. The van der Waals surface area contributed by atoms with Gasteiger partial charge in [0.05, 0.1) is 0 Å². The van der Waals surface area contributed by atoms with E-state index in [4.69, 9.17) is 0 Å². The molecule has 0 N–H and O–H groups in total. The summed E-state index contributed by atoms with van der Waals surface area (Å²) >= 11 is 0. The van der Waals surface area contributed by atoms with Gasteiger partial charge in [0.2, 0.25) is 0 Å². The van der Waals surface area contributed by atoms with Crippen molar-refractivity contribution in [2.75, 3.05) is 0 Å². The normalized spacial score (nSPS) is 20.6. The SMILES string of the molecule is CC.CC1CCC(c2ccc(-c3ccc(F)c(F)c3)cc2)CC1. The fourth-order valence-corrected chi connectivity index (χ4v) is 3.22. The monoisotopic (exact) mass is 316 g/mol. The van der Waals surface area contributed by atoms with Gasteiger partial charge >= 0.3 is 0 Å². The van der Waals surface area contributed by atoms with E-state index in [9.17, 15) is 8.78 Å². The topological polar surface area (TPSA) is 0 Å². The molecule has 0 aliphatic heterocycles. The summed E-state index contributed by atoms with van der Waals surface area (Å²) in [5.41, 5.74) is 3.02. The first kappa shape index (κ1) is 17.7. The van der Waals surface area contributed by atoms with E-state index in [1.807, 2.05) is 26.0 Å². The van der Waals surface area contributed by atoms with Crippen molar-refractivity contribution in [2.24, 2.45) is 5.92 Å². The molecule has 0 aromatic heterocycles. The standard InChI is InChI=1S/C19H20F2.C2H6/c1-13-2-4-14(5-3-13)15-6-8-16(9-7-15)17-10-11-18(20)19(21)12-17;1-2/h6-14H,2-5H2,1H3;1-2H3. The predicted octanol–water partition coefficient (Wildman–Crippen LogP) is 6.95. The minimum Gasteiger partial charge on any atom is -0.204 e. The van der Waals surface area contributed by atoms with Crippen LogP contribution in [0.15, 0.2) is 42.5 Å². The molecule has 0 radical (unpaired) electrons. The van der Waals surface area contributed by atoms with Gasteiger partial charge in [-0.3, -0.25) is 0 Å². The van der Waals surface area contributed by atoms with Crippen LogP contribution in [-0.2, 0) is 0 Å². The van der Waals surface area contributed by atoms with Crippen LogP contribution in [0.25, 0.3) is 11.1 Å². The van der Waals surface area contributed by atoms with E-state index >= 15 is 0 Å². The van der Waals surface area contributed by atoms with Crippen LogP contribution < -0.4 is 0 Å². The quantitative estimate of drug-likeness (QED) is 0.562. The molecule has 0 bridgehead atoms. The molecule has 0 spiro atoms. The molecular weight excluding hydrogens is 290 g/mol. The molecule has 0 nitrogen and oxygen atoms in total.